The first-order chi connectivity index (χ1) is 16.3. The van der Waals surface area contributed by atoms with Crippen LogP contribution in [0.15, 0.2) is 0 Å². The lowest BCUT2D eigenvalue weighted by molar-refractivity contribution is -0.145. The number of hydrogen-bond donors (Lipinski definition) is 9. The minimum Gasteiger partial charge on any atom is -0.481 e. The fraction of sp³-hybridized carbons (Fsp3) is 0.611. The van der Waals surface area contributed by atoms with Crippen molar-refractivity contribution in [2.45, 2.75) is 20.8 Å². The highest BCUT2D eigenvalue weighted by Gasteiger charge is 2.17. The van der Waals surface area contributed by atoms with E-state index >= 15 is 0 Å². The predicted molar refractivity (Wildman–Crippen MR) is 121 cm³/mol. The average molecular weight is 533 g/mol. The minimum absolute atomic E-state index is 0.0703. The zero-order valence-corrected chi connectivity index (χ0v) is 20.2. The van der Waals surface area contributed by atoms with Gasteiger partial charge in [-0.1, -0.05) is 0 Å². The molecule has 0 aromatic carbocycles. The molecular weight excluding hydrogens is 496 g/mol. The molecule has 0 spiro atoms. The highest BCUT2D eigenvalue weighted by molar-refractivity contribution is 5.73. The number of hydrogen-bond acceptors (Lipinski definition) is 11. The average Bonchev–Trinajstić information content (AvgIpc) is 2.63. The van der Waals surface area contributed by atoms with Crippen LogP contribution >= 0.6 is 0 Å². The number of nitrogens with zero attached hydrogens (tertiary/aromatic N) is 2. The first-order valence-electron chi connectivity index (χ1n) is 9.62. The topological polar surface area (TPSA) is 320 Å². The summed E-state index contributed by atoms with van der Waals surface area (Å²) < 4.78 is 0. The van der Waals surface area contributed by atoms with Crippen LogP contribution in [0.3, 0.4) is 0 Å². The first-order valence-corrected chi connectivity index (χ1v) is 9.62. The Bertz CT molecular complexity index is 562. The number of nitrogens with two attached hydrogens (primary N) is 2. The Morgan fingerprint density at radius 2 is 0.611 bits per heavy atom. The van der Waals surface area contributed by atoms with Crippen LogP contribution in [0.25, 0.3) is 0 Å². The lowest BCUT2D eigenvalue weighted by Crippen LogP contribution is -2.43. The molecule has 0 bridgehead atoms. The van der Waals surface area contributed by atoms with E-state index < -0.39 is 68.0 Å². The fourth-order valence-electron chi connectivity index (χ4n) is 1.48. The number of aliphatic carboxylic acids is 7. The number of carbonyl (C=O) groups is 7. The smallest absolute Gasteiger partial charge is 0.317 e. The molecular formula is C18H36N4O14. The molecule has 0 aromatic heterocycles. The molecule has 0 saturated heterocycles. The van der Waals surface area contributed by atoms with Crippen LogP contribution in [0.1, 0.15) is 20.8 Å². The Balaban J connectivity index is -0.000000161. The lowest BCUT2D eigenvalue weighted by Gasteiger charge is -2.23. The summed E-state index contributed by atoms with van der Waals surface area (Å²) in [6, 6.07) is 0. The molecule has 0 rings (SSSR count). The Morgan fingerprint density at radius 1 is 0.472 bits per heavy atom. The second-order valence-electron chi connectivity index (χ2n) is 6.13. The van der Waals surface area contributed by atoms with Gasteiger partial charge in [0, 0.05) is 47.0 Å². The van der Waals surface area contributed by atoms with Gasteiger partial charge in [-0.05, 0) is 0 Å². The molecule has 0 radical (unpaired) electrons. The summed E-state index contributed by atoms with van der Waals surface area (Å²) in [5, 5.41) is 56.7. The monoisotopic (exact) mass is 532 g/mol. The summed E-state index contributed by atoms with van der Waals surface area (Å²) >= 11 is 0. The van der Waals surface area contributed by atoms with Gasteiger partial charge in [-0.25, -0.2) is 0 Å². The van der Waals surface area contributed by atoms with Crippen molar-refractivity contribution in [2.75, 3.05) is 52.4 Å². The molecule has 0 amide bonds. The molecule has 0 aromatic rings. The number of carboxylic acid groups (broad SMARTS) is 7. The molecule has 0 saturated carbocycles. The van der Waals surface area contributed by atoms with Gasteiger partial charge >= 0.3 is 23.9 Å². The van der Waals surface area contributed by atoms with Gasteiger partial charge in [0.1, 0.15) is 0 Å². The van der Waals surface area contributed by atoms with Crippen molar-refractivity contribution in [3.8, 4) is 0 Å². The third-order valence-electron chi connectivity index (χ3n) is 2.33. The van der Waals surface area contributed by atoms with Crippen LogP contribution in [0.2, 0.25) is 0 Å². The SMILES string of the molecule is CC(=O)O.CC(=O)O.CC(=O)O.NCCN.O=C(O)CN(CCN(CC(=O)O)CC(=O)O)CC(=O)O. The van der Waals surface area contributed by atoms with E-state index in [1.165, 1.54) is 0 Å². The molecule has 0 unspecified atom stereocenters. The van der Waals surface area contributed by atoms with Gasteiger partial charge < -0.3 is 47.2 Å². The first kappa shape index (κ1) is 42.3. The van der Waals surface area contributed by atoms with Crippen LogP contribution in [-0.4, -0.2) is 140 Å². The summed E-state index contributed by atoms with van der Waals surface area (Å²) in [5.41, 5.74) is 9.81. The molecule has 18 nitrogen and oxygen atoms in total. The third kappa shape index (κ3) is 77.8. The quantitative estimate of drug-likeness (QED) is 0.122. The molecule has 0 aliphatic rings. The van der Waals surface area contributed by atoms with E-state index in [-0.39, 0.29) is 13.1 Å². The van der Waals surface area contributed by atoms with Crippen LogP contribution in [0.4, 0.5) is 0 Å². The second kappa shape index (κ2) is 29.2. The van der Waals surface area contributed by atoms with Crippen LogP contribution < -0.4 is 11.5 Å². The summed E-state index contributed by atoms with van der Waals surface area (Å²) in [5.74, 6) is -7.41. The van der Waals surface area contributed by atoms with Crippen molar-refractivity contribution in [2.24, 2.45) is 11.5 Å². The van der Waals surface area contributed by atoms with Gasteiger partial charge in [-0.15, -0.1) is 0 Å². The summed E-state index contributed by atoms with van der Waals surface area (Å²) in [6.45, 7) is 2.19. The van der Waals surface area contributed by atoms with E-state index in [0.29, 0.717) is 13.1 Å². The van der Waals surface area contributed by atoms with Gasteiger partial charge in [0.05, 0.1) is 26.2 Å². The highest BCUT2D eigenvalue weighted by atomic mass is 16.4. The highest BCUT2D eigenvalue weighted by Crippen LogP contribution is 1.94. The van der Waals surface area contributed by atoms with Crippen molar-refractivity contribution in [1.29, 1.82) is 0 Å². The van der Waals surface area contributed by atoms with Gasteiger partial charge in [0.2, 0.25) is 0 Å². The molecule has 0 atom stereocenters. The maximum absolute atomic E-state index is 10.6. The van der Waals surface area contributed by atoms with E-state index in [1.807, 2.05) is 0 Å². The van der Waals surface area contributed by atoms with E-state index in [9.17, 15) is 19.2 Å². The number of carboxylic acids is 7. The maximum Gasteiger partial charge on any atom is 0.317 e. The largest absolute Gasteiger partial charge is 0.481 e. The standard InChI is InChI=1S/C10H16N2O8.C2H8N2.3C2H4O2/c13-7(14)3-11(4-8(15)16)1-2-12(5-9(17)18)6-10(19)20;3-1-2-4;3*1-2(3)4/h1-6H2,(H,13,14)(H,15,16)(H,17,18)(H,19,20);1-4H2;3*1H3,(H,3,4). The Morgan fingerprint density at radius 3 is 0.694 bits per heavy atom. The molecule has 36 heavy (non-hydrogen) atoms. The van der Waals surface area contributed by atoms with Crippen molar-refractivity contribution in [1.82, 2.24) is 9.80 Å². The Hall–Kier alpha value is -3.87. The normalized spacial score (nSPS) is 8.86. The molecule has 0 fully saturated rings. The minimum atomic E-state index is -1.23. The molecule has 0 aliphatic heterocycles. The van der Waals surface area contributed by atoms with E-state index in [1.54, 1.807) is 0 Å². The van der Waals surface area contributed by atoms with Crippen LogP contribution in [-0.2, 0) is 33.6 Å². The summed E-state index contributed by atoms with van der Waals surface area (Å²) in [7, 11) is 0. The Kier molecular flexibility index (Phi) is 34.3. The zero-order chi connectivity index (χ0) is 29.9. The van der Waals surface area contributed by atoms with Gasteiger partial charge in [-0.2, -0.15) is 0 Å². The summed E-state index contributed by atoms with van der Waals surface area (Å²) in [6.07, 6.45) is 0. The fourth-order valence-corrected chi connectivity index (χ4v) is 1.48. The maximum atomic E-state index is 10.6. The van der Waals surface area contributed by atoms with Crippen molar-refractivity contribution < 1.29 is 69.3 Å². The van der Waals surface area contributed by atoms with Gasteiger partial charge in [0.15, 0.2) is 0 Å². The van der Waals surface area contributed by atoms with Crippen molar-refractivity contribution in [3.05, 3.63) is 0 Å². The molecule has 18 heteroatoms. The molecule has 0 heterocycles. The summed E-state index contributed by atoms with van der Waals surface area (Å²) in [4.78, 5) is 71.4. The van der Waals surface area contributed by atoms with Gasteiger partial charge in [0.25, 0.3) is 17.9 Å². The van der Waals surface area contributed by atoms with Crippen molar-refractivity contribution in [3.63, 3.8) is 0 Å². The third-order valence-corrected chi connectivity index (χ3v) is 2.33. The number of rotatable bonds is 12. The van der Waals surface area contributed by atoms with E-state index in [4.69, 9.17) is 61.6 Å². The molecule has 0 aliphatic carbocycles. The van der Waals surface area contributed by atoms with Crippen LogP contribution in [0.5, 0.6) is 0 Å². The Labute approximate surface area is 206 Å². The zero-order valence-electron chi connectivity index (χ0n) is 20.2. The molecule has 212 valence electrons. The lowest BCUT2D eigenvalue weighted by atomic mass is 10.4. The van der Waals surface area contributed by atoms with Crippen LogP contribution in [0, 0.1) is 0 Å². The predicted octanol–water partition coefficient (Wildman–Crippen LogP) is -2.89. The van der Waals surface area contributed by atoms with Crippen molar-refractivity contribution >= 4 is 41.8 Å². The van der Waals surface area contributed by atoms with E-state index in [0.717, 1.165) is 30.6 Å². The molecule has 11 N–H and O–H groups in total. The second-order valence-corrected chi connectivity index (χ2v) is 6.13. The van der Waals surface area contributed by atoms with E-state index in [2.05, 4.69) is 0 Å². The van der Waals surface area contributed by atoms with Gasteiger partial charge in [-0.3, -0.25) is 43.4 Å².